The number of carbonyl (C=O) groups excluding carboxylic acids is 1. The largest absolute Gasteiger partial charge is 0.508 e. The molecule has 2 rings (SSSR count). The fraction of sp³-hybridized carbons (Fsp3) is 0.118. The normalized spacial score (nSPS) is 10.8. The van der Waals surface area contributed by atoms with E-state index in [2.05, 4.69) is 15.9 Å². The van der Waals surface area contributed by atoms with Gasteiger partial charge in [0.25, 0.3) is 0 Å². The molecule has 0 heterocycles. The first kappa shape index (κ1) is 16.1. The fourth-order valence-electron chi connectivity index (χ4n) is 1.85. The summed E-state index contributed by atoms with van der Waals surface area (Å²) in [6, 6.07) is 9.39. The Morgan fingerprint density at radius 3 is 2.55 bits per heavy atom. The number of hydrogen-bond acceptors (Lipinski definition) is 4. The molecule has 4 nitrogen and oxygen atoms in total. The van der Waals surface area contributed by atoms with E-state index in [1.807, 2.05) is 6.92 Å². The van der Waals surface area contributed by atoms with Crippen molar-refractivity contribution in [1.82, 2.24) is 0 Å². The minimum absolute atomic E-state index is 0.0314. The van der Waals surface area contributed by atoms with Crippen LogP contribution in [0.15, 0.2) is 46.9 Å². The number of ether oxygens (including phenoxy) is 1. The molecule has 2 aromatic rings. The summed E-state index contributed by atoms with van der Waals surface area (Å²) in [5, 5.41) is 19.1. The summed E-state index contributed by atoms with van der Waals surface area (Å²) in [7, 11) is 0. The van der Waals surface area contributed by atoms with Crippen LogP contribution in [0.25, 0.3) is 6.08 Å². The Morgan fingerprint density at radius 1 is 1.23 bits per heavy atom. The van der Waals surface area contributed by atoms with Crippen LogP contribution in [-0.2, 0) is 0 Å². The van der Waals surface area contributed by atoms with E-state index in [4.69, 9.17) is 4.74 Å². The van der Waals surface area contributed by atoms with E-state index in [1.165, 1.54) is 18.2 Å². The maximum atomic E-state index is 12.0. The molecule has 0 fully saturated rings. The van der Waals surface area contributed by atoms with E-state index >= 15 is 0 Å². The predicted octanol–water partition coefficient (Wildman–Crippen LogP) is 4.16. The molecule has 0 saturated heterocycles. The number of ketones is 1. The molecule has 0 atom stereocenters. The molecule has 0 spiro atoms. The summed E-state index contributed by atoms with van der Waals surface area (Å²) in [5.74, 6) is 0.323. The third-order valence-corrected chi connectivity index (χ3v) is 3.53. The minimum atomic E-state index is -0.179. The van der Waals surface area contributed by atoms with Gasteiger partial charge in [-0.25, -0.2) is 0 Å². The number of halogens is 1. The van der Waals surface area contributed by atoms with Crippen LogP contribution < -0.4 is 4.74 Å². The monoisotopic (exact) mass is 362 g/mol. The van der Waals surface area contributed by atoms with Gasteiger partial charge in [-0.05, 0) is 70.9 Å². The maximum absolute atomic E-state index is 12.0. The van der Waals surface area contributed by atoms with E-state index in [9.17, 15) is 15.0 Å². The molecule has 0 amide bonds. The third kappa shape index (κ3) is 3.89. The number of carbonyl (C=O) groups is 1. The van der Waals surface area contributed by atoms with Gasteiger partial charge in [0.1, 0.15) is 5.75 Å². The summed E-state index contributed by atoms with van der Waals surface area (Å²) in [4.78, 5) is 12.0. The van der Waals surface area contributed by atoms with E-state index in [1.54, 1.807) is 30.3 Å². The van der Waals surface area contributed by atoms with Gasteiger partial charge >= 0.3 is 0 Å². The molecule has 22 heavy (non-hydrogen) atoms. The lowest BCUT2D eigenvalue weighted by Crippen LogP contribution is -1.94. The Hall–Kier alpha value is -2.27. The van der Waals surface area contributed by atoms with Gasteiger partial charge in [-0.2, -0.15) is 0 Å². The highest BCUT2D eigenvalue weighted by Gasteiger charge is 2.08. The first-order valence-corrected chi connectivity index (χ1v) is 7.47. The van der Waals surface area contributed by atoms with Crippen LogP contribution in [0.5, 0.6) is 17.2 Å². The molecule has 2 N–H and O–H groups in total. The molecule has 0 aromatic heterocycles. The quantitative estimate of drug-likeness (QED) is 0.619. The van der Waals surface area contributed by atoms with Crippen molar-refractivity contribution in [3.8, 4) is 17.2 Å². The Balaban J connectivity index is 2.22. The average molecular weight is 363 g/mol. The van der Waals surface area contributed by atoms with Gasteiger partial charge in [-0.3, -0.25) is 4.79 Å². The number of phenols is 2. The number of phenolic OH excluding ortho intramolecular Hbond substituents is 2. The number of allylic oxidation sites excluding steroid dienone is 1. The predicted molar refractivity (Wildman–Crippen MR) is 88.4 cm³/mol. The molecule has 0 unspecified atom stereocenters. The molecule has 0 aliphatic carbocycles. The molecule has 2 aromatic carbocycles. The second kappa shape index (κ2) is 7.13. The smallest absolute Gasteiger partial charge is 0.185 e. The van der Waals surface area contributed by atoms with E-state index in [0.717, 1.165) is 5.56 Å². The Kier molecular flexibility index (Phi) is 5.22. The number of rotatable bonds is 5. The van der Waals surface area contributed by atoms with Crippen LogP contribution >= 0.6 is 15.9 Å². The van der Waals surface area contributed by atoms with Gasteiger partial charge in [-0.1, -0.05) is 6.08 Å². The first-order valence-electron chi connectivity index (χ1n) is 6.68. The lowest BCUT2D eigenvalue weighted by Gasteiger charge is -2.08. The minimum Gasteiger partial charge on any atom is -0.508 e. The lowest BCUT2D eigenvalue weighted by atomic mass is 10.1. The molecule has 0 radical (unpaired) electrons. The van der Waals surface area contributed by atoms with Crippen LogP contribution in [0.1, 0.15) is 22.8 Å². The summed E-state index contributed by atoms with van der Waals surface area (Å²) in [6.45, 7) is 2.25. The Bertz CT molecular complexity index is 705. The van der Waals surface area contributed by atoms with E-state index < -0.39 is 0 Å². The highest BCUT2D eigenvalue weighted by atomic mass is 79.9. The molecule has 0 saturated carbocycles. The van der Waals surface area contributed by atoms with Crippen molar-refractivity contribution in [2.45, 2.75) is 6.92 Å². The van der Waals surface area contributed by atoms with Crippen molar-refractivity contribution < 1.29 is 19.7 Å². The highest BCUT2D eigenvalue weighted by molar-refractivity contribution is 9.10. The van der Waals surface area contributed by atoms with Crippen LogP contribution in [0.4, 0.5) is 0 Å². The Morgan fingerprint density at radius 2 is 1.91 bits per heavy atom. The number of hydrogen-bond donors (Lipinski definition) is 2. The standard InChI is InChI=1S/C17H15BrO4/c1-2-22-16-10-11(9-14(18)17(16)21)3-8-15(20)12-4-6-13(19)7-5-12/h3-10,19,21H,2H2,1H3. The zero-order valence-corrected chi connectivity index (χ0v) is 13.5. The van der Waals surface area contributed by atoms with Crippen molar-refractivity contribution in [1.29, 1.82) is 0 Å². The lowest BCUT2D eigenvalue weighted by molar-refractivity contribution is 0.104. The molecule has 0 aliphatic heterocycles. The van der Waals surface area contributed by atoms with Gasteiger partial charge in [0.2, 0.25) is 0 Å². The van der Waals surface area contributed by atoms with Gasteiger partial charge in [-0.15, -0.1) is 0 Å². The highest BCUT2D eigenvalue weighted by Crippen LogP contribution is 2.35. The molecule has 0 aliphatic rings. The maximum Gasteiger partial charge on any atom is 0.185 e. The van der Waals surface area contributed by atoms with Gasteiger partial charge < -0.3 is 14.9 Å². The second-order valence-corrected chi connectivity index (χ2v) is 5.38. The summed E-state index contributed by atoms with van der Waals surface area (Å²) in [6.07, 6.45) is 3.07. The van der Waals surface area contributed by atoms with Crippen LogP contribution in [0, 0.1) is 0 Å². The fourth-order valence-corrected chi connectivity index (χ4v) is 2.31. The van der Waals surface area contributed by atoms with Crippen molar-refractivity contribution in [2.24, 2.45) is 0 Å². The second-order valence-electron chi connectivity index (χ2n) is 4.53. The van der Waals surface area contributed by atoms with E-state index in [-0.39, 0.29) is 17.3 Å². The van der Waals surface area contributed by atoms with Crippen molar-refractivity contribution in [2.75, 3.05) is 6.61 Å². The van der Waals surface area contributed by atoms with E-state index in [0.29, 0.717) is 22.4 Å². The molecule has 5 heteroatoms. The molecular weight excluding hydrogens is 348 g/mol. The van der Waals surface area contributed by atoms with Gasteiger partial charge in [0, 0.05) is 5.56 Å². The van der Waals surface area contributed by atoms with Gasteiger partial charge in [0.15, 0.2) is 17.3 Å². The zero-order chi connectivity index (χ0) is 16.1. The third-order valence-electron chi connectivity index (χ3n) is 2.93. The molecular formula is C17H15BrO4. The number of benzene rings is 2. The van der Waals surface area contributed by atoms with Crippen LogP contribution in [0.2, 0.25) is 0 Å². The Labute approximate surface area is 136 Å². The van der Waals surface area contributed by atoms with Gasteiger partial charge in [0.05, 0.1) is 11.1 Å². The molecule has 0 bridgehead atoms. The topological polar surface area (TPSA) is 66.8 Å². The van der Waals surface area contributed by atoms with Crippen molar-refractivity contribution in [3.05, 3.63) is 58.1 Å². The first-order chi connectivity index (χ1) is 10.5. The van der Waals surface area contributed by atoms with Crippen molar-refractivity contribution >= 4 is 27.8 Å². The van der Waals surface area contributed by atoms with Crippen LogP contribution in [-0.4, -0.2) is 22.6 Å². The van der Waals surface area contributed by atoms with Crippen LogP contribution in [0.3, 0.4) is 0 Å². The molecule has 114 valence electrons. The zero-order valence-electron chi connectivity index (χ0n) is 11.9. The summed E-state index contributed by atoms with van der Waals surface area (Å²) in [5.41, 5.74) is 1.21. The number of aromatic hydroxyl groups is 2. The average Bonchev–Trinajstić information content (AvgIpc) is 2.50. The SMILES string of the molecule is CCOc1cc(C=CC(=O)c2ccc(O)cc2)cc(Br)c1O. The van der Waals surface area contributed by atoms with Crippen molar-refractivity contribution in [3.63, 3.8) is 0 Å². The summed E-state index contributed by atoms with van der Waals surface area (Å²) >= 11 is 3.25. The summed E-state index contributed by atoms with van der Waals surface area (Å²) < 4.78 is 5.83.